The molecule has 0 saturated carbocycles. The summed E-state index contributed by atoms with van der Waals surface area (Å²) in [6.07, 6.45) is 0. The van der Waals surface area contributed by atoms with Gasteiger partial charge in [-0.05, 0) is 110 Å². The molecule has 0 aliphatic rings. The second kappa shape index (κ2) is 6.71. The summed E-state index contributed by atoms with van der Waals surface area (Å²) in [5.41, 5.74) is 0. The predicted molar refractivity (Wildman–Crippen MR) is 149 cm³/mol. The second-order valence-electron chi connectivity index (χ2n) is 9.69. The average Bonchev–Trinajstić information content (AvgIpc) is 3.45. The minimum absolute atomic E-state index is 0. The third-order valence-electron chi connectivity index (χ3n) is 8.07. The summed E-state index contributed by atoms with van der Waals surface area (Å²) in [4.78, 5) is 0. The summed E-state index contributed by atoms with van der Waals surface area (Å²) in [5, 5.41) is 21.7. The van der Waals surface area contributed by atoms with Gasteiger partial charge in [-0.3, -0.25) is 0 Å². The Labute approximate surface area is 216 Å². The van der Waals surface area contributed by atoms with Gasteiger partial charge in [-0.25, -0.2) is 0 Å². The molecule has 0 heterocycles. The first-order chi connectivity index (χ1) is 16.9. The summed E-state index contributed by atoms with van der Waals surface area (Å²) in [7, 11) is 0. The van der Waals surface area contributed by atoms with Crippen LogP contribution in [0.5, 0.6) is 0 Å². The third kappa shape index (κ3) is 2.32. The van der Waals surface area contributed by atoms with E-state index in [0.29, 0.717) is 0 Å². The van der Waals surface area contributed by atoms with Crippen LogP contribution in [0.3, 0.4) is 0 Å². The Kier molecular flexibility index (Phi) is 3.76. The third-order valence-corrected chi connectivity index (χ3v) is 8.07. The summed E-state index contributed by atoms with van der Waals surface area (Å²) in [5.74, 6) is 0. The fourth-order valence-corrected chi connectivity index (χ4v) is 6.69. The standard InChI is InChI=1S/C34H18.Au/c1-3-11-22-20(7-1)15-26-27(22)17-30-24-13-5-9-19-10-6-14-25(32(19)24)33-29-16-21-8-2-4-12-23(21)28(29)18-31(26)34(30)33;/h1-18H;. The molecule has 0 unspecified atom stereocenters. The molecule has 9 rings (SSSR count). The van der Waals surface area contributed by atoms with Gasteiger partial charge >= 0.3 is 0 Å². The van der Waals surface area contributed by atoms with Gasteiger partial charge in [0.05, 0.1) is 0 Å². The van der Waals surface area contributed by atoms with Crippen molar-refractivity contribution < 1.29 is 22.4 Å². The fourth-order valence-electron chi connectivity index (χ4n) is 6.69. The van der Waals surface area contributed by atoms with E-state index < -0.39 is 0 Å². The van der Waals surface area contributed by atoms with Crippen molar-refractivity contribution in [3.8, 4) is 0 Å². The number of hydrogen-bond acceptors (Lipinski definition) is 0. The molecule has 35 heavy (non-hydrogen) atoms. The minimum atomic E-state index is 0. The minimum Gasteiger partial charge on any atom is -0.0616 e. The van der Waals surface area contributed by atoms with Crippen molar-refractivity contribution in [2.45, 2.75) is 0 Å². The van der Waals surface area contributed by atoms with Crippen LogP contribution in [0.1, 0.15) is 0 Å². The fraction of sp³-hybridized carbons (Fsp3) is 0. The number of fused-ring (bicyclic) bond motifs is 10. The molecular formula is C34H18Au. The Morgan fingerprint density at radius 3 is 1.40 bits per heavy atom. The van der Waals surface area contributed by atoms with Crippen LogP contribution in [0.15, 0.2) is 109 Å². The molecule has 9 aromatic carbocycles. The van der Waals surface area contributed by atoms with Crippen molar-refractivity contribution in [3.63, 3.8) is 0 Å². The van der Waals surface area contributed by atoms with Crippen LogP contribution in [0, 0.1) is 0 Å². The SMILES string of the molecule is [Au].c1ccc2c(c1)cc1c2cc2c3cccc4cccc(c43)c3c4cc5ccccc5c4cc1c23. The molecule has 1 heteroatoms. The molecule has 0 aromatic heterocycles. The molecule has 0 amide bonds. The van der Waals surface area contributed by atoms with E-state index in [1.807, 2.05) is 0 Å². The van der Waals surface area contributed by atoms with Crippen molar-refractivity contribution in [1.82, 2.24) is 0 Å². The van der Waals surface area contributed by atoms with Crippen LogP contribution in [0.25, 0.3) is 86.2 Å². The second-order valence-corrected chi connectivity index (χ2v) is 9.69. The molecule has 0 aliphatic heterocycles. The molecule has 0 saturated heterocycles. The van der Waals surface area contributed by atoms with Gasteiger partial charge in [-0.1, -0.05) is 84.9 Å². The topological polar surface area (TPSA) is 0 Å². The van der Waals surface area contributed by atoms with E-state index >= 15 is 0 Å². The molecule has 0 atom stereocenters. The first kappa shape index (κ1) is 19.6. The Hall–Kier alpha value is -3.68. The largest absolute Gasteiger partial charge is 0.0616 e. The van der Waals surface area contributed by atoms with Crippen molar-refractivity contribution in [1.29, 1.82) is 0 Å². The maximum absolute atomic E-state index is 2.47. The summed E-state index contributed by atoms with van der Waals surface area (Å²) >= 11 is 0. The average molecular weight is 623 g/mol. The van der Waals surface area contributed by atoms with Crippen molar-refractivity contribution in [2.24, 2.45) is 0 Å². The van der Waals surface area contributed by atoms with Crippen LogP contribution in [-0.2, 0) is 22.4 Å². The Morgan fingerprint density at radius 2 is 0.686 bits per heavy atom. The normalized spacial score (nSPS) is 12.3. The van der Waals surface area contributed by atoms with E-state index in [-0.39, 0.29) is 22.4 Å². The maximum Gasteiger partial charge on any atom is 0 e. The van der Waals surface area contributed by atoms with Gasteiger partial charge < -0.3 is 0 Å². The maximum atomic E-state index is 2.47. The van der Waals surface area contributed by atoms with E-state index in [9.17, 15) is 0 Å². The van der Waals surface area contributed by atoms with Gasteiger partial charge in [-0.2, -0.15) is 0 Å². The molecule has 1 radical (unpaired) electrons. The molecular weight excluding hydrogens is 605 g/mol. The van der Waals surface area contributed by atoms with Crippen LogP contribution >= 0.6 is 0 Å². The molecule has 0 fully saturated rings. The van der Waals surface area contributed by atoms with Crippen LogP contribution in [0.2, 0.25) is 0 Å². The smallest absolute Gasteiger partial charge is 0 e. The van der Waals surface area contributed by atoms with Crippen molar-refractivity contribution >= 4 is 86.2 Å². The van der Waals surface area contributed by atoms with Gasteiger partial charge in [-0.15, -0.1) is 0 Å². The van der Waals surface area contributed by atoms with Gasteiger partial charge in [0.25, 0.3) is 0 Å². The molecule has 0 aliphatic carbocycles. The zero-order chi connectivity index (χ0) is 22.0. The van der Waals surface area contributed by atoms with Crippen LogP contribution in [0.4, 0.5) is 0 Å². The molecule has 0 bridgehead atoms. The summed E-state index contributed by atoms with van der Waals surface area (Å²) in [6, 6.07) is 40.9. The Bertz CT molecular complexity index is 2270. The molecule has 9 aromatic rings. The van der Waals surface area contributed by atoms with Crippen LogP contribution in [-0.4, -0.2) is 0 Å². The zero-order valence-electron chi connectivity index (χ0n) is 18.7. The van der Waals surface area contributed by atoms with Crippen molar-refractivity contribution in [2.75, 3.05) is 0 Å². The van der Waals surface area contributed by atoms with Gasteiger partial charge in [0.2, 0.25) is 0 Å². The molecule has 0 spiro atoms. The van der Waals surface area contributed by atoms with E-state index in [4.69, 9.17) is 0 Å². The first-order valence-electron chi connectivity index (χ1n) is 12.0. The van der Waals surface area contributed by atoms with Gasteiger partial charge in [0.15, 0.2) is 0 Å². The van der Waals surface area contributed by atoms with Gasteiger partial charge in [0, 0.05) is 22.4 Å². The number of benzene rings is 7. The van der Waals surface area contributed by atoms with Crippen molar-refractivity contribution in [3.05, 3.63) is 109 Å². The van der Waals surface area contributed by atoms with Gasteiger partial charge in [0.1, 0.15) is 0 Å². The quantitative estimate of drug-likeness (QED) is 0.0897. The summed E-state index contributed by atoms with van der Waals surface area (Å²) in [6.45, 7) is 0. The number of rotatable bonds is 0. The zero-order valence-corrected chi connectivity index (χ0v) is 20.9. The number of hydrogen-bond donors (Lipinski definition) is 0. The van der Waals surface area contributed by atoms with E-state index in [0.717, 1.165) is 0 Å². The van der Waals surface area contributed by atoms with E-state index in [1.54, 1.807) is 0 Å². The first-order valence-corrected chi connectivity index (χ1v) is 12.0. The Morgan fingerprint density at radius 1 is 0.257 bits per heavy atom. The summed E-state index contributed by atoms with van der Waals surface area (Å²) < 4.78 is 0. The molecule has 0 nitrogen and oxygen atoms in total. The monoisotopic (exact) mass is 623 g/mol. The predicted octanol–water partition coefficient (Wildman–Crippen LogP) is 9.79. The Balaban J connectivity index is 0.00000196. The van der Waals surface area contributed by atoms with Crippen LogP contribution < -0.4 is 0 Å². The molecule has 165 valence electrons. The molecule has 0 N–H and O–H groups in total. The van der Waals surface area contributed by atoms with E-state index in [1.165, 1.54) is 86.2 Å². The van der Waals surface area contributed by atoms with E-state index in [2.05, 4.69) is 109 Å².